The Hall–Kier alpha value is -1.01. The second kappa shape index (κ2) is 11.0. The second-order valence-electron chi connectivity index (χ2n) is 6.85. The van der Waals surface area contributed by atoms with E-state index >= 15 is 0 Å². The molecule has 0 unspecified atom stereocenters. The summed E-state index contributed by atoms with van der Waals surface area (Å²) in [4.78, 5) is 27.7. The number of carbonyl (C=O) groups is 2. The van der Waals surface area contributed by atoms with E-state index in [-0.39, 0.29) is 17.7 Å². The Morgan fingerprint density at radius 1 is 1.27 bits per heavy atom. The zero-order valence-corrected chi connectivity index (χ0v) is 18.1. The van der Waals surface area contributed by atoms with Crippen molar-refractivity contribution in [3.8, 4) is 0 Å². The van der Waals surface area contributed by atoms with Gasteiger partial charge in [0.25, 0.3) is 0 Å². The fraction of sp³-hybridized carbons (Fsp3) is 0.600. The molecule has 6 heteroatoms. The van der Waals surface area contributed by atoms with Crippen LogP contribution in [0.3, 0.4) is 0 Å². The van der Waals surface area contributed by atoms with Crippen molar-refractivity contribution in [2.45, 2.75) is 50.8 Å². The van der Waals surface area contributed by atoms with E-state index in [4.69, 9.17) is 0 Å². The van der Waals surface area contributed by atoms with Gasteiger partial charge in [-0.2, -0.15) is 0 Å². The molecule has 0 aromatic heterocycles. The molecule has 1 heterocycles. The first-order valence-corrected chi connectivity index (χ1v) is 11.2. The van der Waals surface area contributed by atoms with Crippen LogP contribution in [0.25, 0.3) is 0 Å². The van der Waals surface area contributed by atoms with Crippen LogP contribution in [0.15, 0.2) is 27.6 Å². The van der Waals surface area contributed by atoms with Crippen LogP contribution in [-0.2, 0) is 9.59 Å². The van der Waals surface area contributed by atoms with E-state index in [0.717, 1.165) is 48.0 Å². The molecular formula is C20H29BrN2O2S. The molecule has 1 N–H and O–H groups in total. The molecule has 4 nitrogen and oxygen atoms in total. The van der Waals surface area contributed by atoms with Crippen molar-refractivity contribution in [1.29, 1.82) is 0 Å². The maximum Gasteiger partial charge on any atom is 0.232 e. The minimum absolute atomic E-state index is 0.0575. The van der Waals surface area contributed by atoms with E-state index in [1.165, 1.54) is 5.56 Å². The van der Waals surface area contributed by atoms with E-state index in [1.54, 1.807) is 11.8 Å². The van der Waals surface area contributed by atoms with E-state index in [2.05, 4.69) is 41.2 Å². The normalized spacial score (nSPS) is 15.1. The number of amides is 2. The summed E-state index contributed by atoms with van der Waals surface area (Å²) >= 11 is 5.05. The largest absolute Gasteiger partial charge is 0.356 e. The van der Waals surface area contributed by atoms with E-state index in [9.17, 15) is 9.59 Å². The van der Waals surface area contributed by atoms with Gasteiger partial charge < -0.3 is 10.2 Å². The molecule has 0 spiro atoms. The van der Waals surface area contributed by atoms with Gasteiger partial charge in [0, 0.05) is 34.9 Å². The number of halogens is 1. The van der Waals surface area contributed by atoms with Crippen LogP contribution in [0, 0.1) is 12.8 Å². The first kappa shape index (κ1) is 21.3. The molecule has 1 aromatic rings. The molecular weight excluding hydrogens is 412 g/mol. The Labute approximate surface area is 169 Å². The van der Waals surface area contributed by atoms with Gasteiger partial charge in [-0.1, -0.05) is 35.7 Å². The van der Waals surface area contributed by atoms with Crippen molar-refractivity contribution in [2.75, 3.05) is 25.4 Å². The van der Waals surface area contributed by atoms with Crippen LogP contribution in [-0.4, -0.2) is 42.1 Å². The fourth-order valence-corrected chi connectivity index (χ4v) is 4.52. The third-order valence-electron chi connectivity index (χ3n) is 4.79. The highest BCUT2D eigenvalue weighted by molar-refractivity contribution is 9.10. The number of likely N-dealkylation sites (tertiary alicyclic amines) is 1. The van der Waals surface area contributed by atoms with Gasteiger partial charge in [-0.25, -0.2) is 0 Å². The summed E-state index contributed by atoms with van der Waals surface area (Å²) in [7, 11) is 0. The van der Waals surface area contributed by atoms with Crippen LogP contribution >= 0.6 is 27.7 Å². The molecule has 0 radical (unpaired) electrons. The summed E-state index contributed by atoms with van der Waals surface area (Å²) < 4.78 is 1.06. The average Bonchev–Trinajstić information content (AvgIpc) is 2.64. The number of hydrogen-bond acceptors (Lipinski definition) is 3. The number of carbonyl (C=O) groups excluding carboxylic acids is 2. The van der Waals surface area contributed by atoms with Gasteiger partial charge in [-0.15, -0.1) is 11.8 Å². The van der Waals surface area contributed by atoms with Crippen LogP contribution in [0.2, 0.25) is 0 Å². The summed E-state index contributed by atoms with van der Waals surface area (Å²) in [5, 5.41) is 3.04. The average molecular weight is 441 g/mol. The Kier molecular flexibility index (Phi) is 8.99. The molecule has 0 bridgehead atoms. The lowest BCUT2D eigenvalue weighted by Gasteiger charge is -2.31. The highest BCUT2D eigenvalue weighted by Gasteiger charge is 2.27. The van der Waals surface area contributed by atoms with Crippen LogP contribution in [0.4, 0.5) is 0 Å². The molecule has 1 aromatic carbocycles. The SMILES string of the molecule is CCCCCNC(=O)C1CCN(C(=O)CSc2ccc(Br)cc2C)CC1. The van der Waals surface area contributed by atoms with Crippen molar-refractivity contribution in [1.82, 2.24) is 10.2 Å². The predicted octanol–water partition coefficient (Wildman–Crippen LogP) is 4.39. The highest BCUT2D eigenvalue weighted by Crippen LogP contribution is 2.26. The Balaban J connectivity index is 1.71. The molecule has 144 valence electrons. The van der Waals surface area contributed by atoms with Crippen LogP contribution < -0.4 is 5.32 Å². The summed E-state index contributed by atoms with van der Waals surface area (Å²) in [6.45, 7) is 6.36. The minimum atomic E-state index is 0.0575. The zero-order valence-electron chi connectivity index (χ0n) is 15.7. The standard InChI is InChI=1S/C20H29BrN2O2S/c1-3-4-5-10-22-20(25)16-8-11-23(12-9-16)19(24)14-26-18-7-6-17(21)13-15(18)2/h6-7,13,16H,3-5,8-12,14H2,1-2H3,(H,22,25). The van der Waals surface area contributed by atoms with Crippen LogP contribution in [0.1, 0.15) is 44.6 Å². The molecule has 1 saturated heterocycles. The Morgan fingerprint density at radius 2 is 2.00 bits per heavy atom. The highest BCUT2D eigenvalue weighted by atomic mass is 79.9. The maximum absolute atomic E-state index is 12.5. The first-order chi connectivity index (χ1) is 12.5. The van der Waals surface area contributed by atoms with Crippen molar-refractivity contribution >= 4 is 39.5 Å². The van der Waals surface area contributed by atoms with Gasteiger partial charge in [-0.05, 0) is 49.9 Å². The third-order valence-corrected chi connectivity index (χ3v) is 6.44. The first-order valence-electron chi connectivity index (χ1n) is 9.45. The topological polar surface area (TPSA) is 49.4 Å². The van der Waals surface area contributed by atoms with Crippen molar-refractivity contribution in [2.24, 2.45) is 5.92 Å². The van der Waals surface area contributed by atoms with Gasteiger partial charge >= 0.3 is 0 Å². The number of thioether (sulfide) groups is 1. The number of piperidine rings is 1. The van der Waals surface area contributed by atoms with Gasteiger partial charge in [0.2, 0.25) is 11.8 Å². The minimum Gasteiger partial charge on any atom is -0.356 e. The number of benzene rings is 1. The number of nitrogens with zero attached hydrogens (tertiary/aromatic N) is 1. The molecule has 0 saturated carbocycles. The monoisotopic (exact) mass is 440 g/mol. The lowest BCUT2D eigenvalue weighted by atomic mass is 9.96. The summed E-state index contributed by atoms with van der Waals surface area (Å²) in [6.07, 6.45) is 4.91. The lowest BCUT2D eigenvalue weighted by Crippen LogP contribution is -2.43. The van der Waals surface area contributed by atoms with E-state index in [1.807, 2.05) is 17.0 Å². The van der Waals surface area contributed by atoms with Crippen molar-refractivity contribution in [3.63, 3.8) is 0 Å². The van der Waals surface area contributed by atoms with Crippen molar-refractivity contribution in [3.05, 3.63) is 28.2 Å². The molecule has 2 rings (SSSR count). The Morgan fingerprint density at radius 3 is 2.65 bits per heavy atom. The number of nitrogens with one attached hydrogen (secondary N) is 1. The second-order valence-corrected chi connectivity index (χ2v) is 8.78. The lowest BCUT2D eigenvalue weighted by molar-refractivity contribution is -0.133. The van der Waals surface area contributed by atoms with Crippen molar-refractivity contribution < 1.29 is 9.59 Å². The quantitative estimate of drug-likeness (QED) is 0.481. The van der Waals surface area contributed by atoms with Crippen LogP contribution in [0.5, 0.6) is 0 Å². The summed E-state index contributed by atoms with van der Waals surface area (Å²) in [6, 6.07) is 6.12. The molecule has 1 aliphatic heterocycles. The molecule has 1 aliphatic rings. The van der Waals surface area contributed by atoms with Gasteiger partial charge in [-0.3, -0.25) is 9.59 Å². The van der Waals surface area contributed by atoms with E-state index < -0.39 is 0 Å². The van der Waals surface area contributed by atoms with Gasteiger partial charge in [0.1, 0.15) is 0 Å². The number of unbranched alkanes of at least 4 members (excludes halogenated alkanes) is 2. The van der Waals surface area contributed by atoms with E-state index in [0.29, 0.717) is 18.8 Å². The molecule has 26 heavy (non-hydrogen) atoms. The Bertz CT molecular complexity index is 616. The maximum atomic E-state index is 12.5. The zero-order chi connectivity index (χ0) is 18.9. The molecule has 0 aliphatic carbocycles. The predicted molar refractivity (Wildman–Crippen MR) is 111 cm³/mol. The molecule has 2 amide bonds. The van der Waals surface area contributed by atoms with Gasteiger partial charge in [0.05, 0.1) is 5.75 Å². The third kappa shape index (κ3) is 6.62. The molecule has 1 fully saturated rings. The number of hydrogen-bond donors (Lipinski definition) is 1. The summed E-state index contributed by atoms with van der Waals surface area (Å²) in [5.41, 5.74) is 1.18. The fourth-order valence-electron chi connectivity index (χ4n) is 3.13. The number of rotatable bonds is 8. The molecule has 0 atom stereocenters. The van der Waals surface area contributed by atoms with Gasteiger partial charge in [0.15, 0.2) is 0 Å². The number of aryl methyl sites for hydroxylation is 1. The smallest absolute Gasteiger partial charge is 0.232 e. The summed E-state index contributed by atoms with van der Waals surface area (Å²) in [5.74, 6) is 0.838.